The molecule has 1 aliphatic heterocycles. The minimum Gasteiger partial charge on any atom is -0.490 e. The molecule has 0 aromatic heterocycles. The van der Waals surface area contributed by atoms with Crippen LogP contribution in [0.1, 0.15) is 39.7 Å². The molecule has 0 N–H and O–H groups in total. The Bertz CT molecular complexity index is 291. The first kappa shape index (κ1) is 12.1. The van der Waals surface area contributed by atoms with Crippen molar-refractivity contribution in [3.05, 3.63) is 29.8 Å². The molecule has 15 heavy (non-hydrogen) atoms. The molecule has 1 heterocycles. The summed E-state index contributed by atoms with van der Waals surface area (Å²) in [5, 5.41) is 0. The Labute approximate surface area is 93.5 Å². The predicted molar refractivity (Wildman–Crippen MR) is 65.4 cm³/mol. The van der Waals surface area contributed by atoms with E-state index in [1.165, 1.54) is 12.0 Å². The molecule has 0 saturated heterocycles. The highest BCUT2D eigenvalue weighted by atomic mass is 16.5. The van der Waals surface area contributed by atoms with Crippen LogP contribution in [0.4, 0.5) is 0 Å². The molecule has 1 aliphatic rings. The van der Waals surface area contributed by atoms with Crippen molar-refractivity contribution in [2.24, 2.45) is 5.92 Å². The van der Waals surface area contributed by atoms with Crippen molar-refractivity contribution in [2.75, 3.05) is 0 Å². The Morgan fingerprint density at radius 1 is 1.20 bits per heavy atom. The van der Waals surface area contributed by atoms with Crippen LogP contribution in [-0.2, 0) is 6.42 Å². The number of rotatable bonds is 1. The van der Waals surface area contributed by atoms with Crippen LogP contribution in [0.5, 0.6) is 5.75 Å². The Hall–Kier alpha value is -0.980. The molecule has 0 aliphatic carbocycles. The zero-order valence-electron chi connectivity index (χ0n) is 10.3. The highest BCUT2D eigenvalue weighted by Gasteiger charge is 2.21. The third-order valence-corrected chi connectivity index (χ3v) is 2.69. The van der Waals surface area contributed by atoms with Gasteiger partial charge in [-0.2, -0.15) is 0 Å². The second kappa shape index (κ2) is 5.79. The van der Waals surface area contributed by atoms with E-state index in [1.54, 1.807) is 0 Å². The summed E-state index contributed by atoms with van der Waals surface area (Å²) in [6.45, 7) is 8.44. The van der Waals surface area contributed by atoms with Crippen LogP contribution in [0.25, 0.3) is 0 Å². The monoisotopic (exact) mass is 206 g/mol. The molecular weight excluding hydrogens is 184 g/mol. The lowest BCUT2D eigenvalue weighted by molar-refractivity contribution is 0.127. The SMILES string of the molecule is CC.CC(C)C1CCc2ccccc2O1. The van der Waals surface area contributed by atoms with E-state index in [2.05, 4.69) is 32.0 Å². The summed E-state index contributed by atoms with van der Waals surface area (Å²) in [5.41, 5.74) is 1.36. The maximum absolute atomic E-state index is 5.89. The highest BCUT2D eigenvalue weighted by Crippen LogP contribution is 2.29. The van der Waals surface area contributed by atoms with Crippen molar-refractivity contribution in [1.29, 1.82) is 0 Å². The molecule has 0 spiro atoms. The van der Waals surface area contributed by atoms with Crippen molar-refractivity contribution in [3.8, 4) is 5.75 Å². The smallest absolute Gasteiger partial charge is 0.122 e. The van der Waals surface area contributed by atoms with Crippen molar-refractivity contribution >= 4 is 0 Å². The lowest BCUT2D eigenvalue weighted by Gasteiger charge is -2.28. The van der Waals surface area contributed by atoms with Crippen LogP contribution in [0.2, 0.25) is 0 Å². The van der Waals surface area contributed by atoms with E-state index >= 15 is 0 Å². The summed E-state index contributed by atoms with van der Waals surface area (Å²) < 4.78 is 5.89. The van der Waals surface area contributed by atoms with Crippen LogP contribution < -0.4 is 4.74 Å². The van der Waals surface area contributed by atoms with Crippen LogP contribution in [0, 0.1) is 5.92 Å². The lowest BCUT2D eigenvalue weighted by atomic mass is 9.96. The van der Waals surface area contributed by atoms with Crippen LogP contribution in [0.15, 0.2) is 24.3 Å². The first-order valence-electron chi connectivity index (χ1n) is 6.02. The zero-order valence-corrected chi connectivity index (χ0v) is 10.3. The van der Waals surface area contributed by atoms with Gasteiger partial charge in [-0.15, -0.1) is 0 Å². The first-order chi connectivity index (χ1) is 7.27. The molecule has 2 rings (SSSR count). The van der Waals surface area contributed by atoms with Crippen LogP contribution in [0.3, 0.4) is 0 Å². The van der Waals surface area contributed by atoms with Gasteiger partial charge in [0.05, 0.1) is 0 Å². The topological polar surface area (TPSA) is 9.23 Å². The largest absolute Gasteiger partial charge is 0.490 e. The van der Waals surface area contributed by atoms with Gasteiger partial charge in [-0.05, 0) is 30.4 Å². The first-order valence-corrected chi connectivity index (χ1v) is 6.02. The minimum atomic E-state index is 0.412. The van der Waals surface area contributed by atoms with Gasteiger partial charge in [0.1, 0.15) is 11.9 Å². The Kier molecular flexibility index (Phi) is 4.67. The average molecular weight is 206 g/mol. The van der Waals surface area contributed by atoms with Gasteiger partial charge in [-0.3, -0.25) is 0 Å². The fraction of sp³-hybridized carbons (Fsp3) is 0.571. The van der Waals surface area contributed by atoms with E-state index in [-0.39, 0.29) is 0 Å². The number of ether oxygens (including phenoxy) is 1. The summed E-state index contributed by atoms with van der Waals surface area (Å²) in [7, 11) is 0. The molecule has 0 radical (unpaired) electrons. The summed E-state index contributed by atoms with van der Waals surface area (Å²) in [6, 6.07) is 8.36. The van der Waals surface area contributed by atoms with Gasteiger partial charge in [0.15, 0.2) is 0 Å². The molecule has 1 atom stereocenters. The molecule has 0 amide bonds. The van der Waals surface area contributed by atoms with Gasteiger partial charge >= 0.3 is 0 Å². The van der Waals surface area contributed by atoms with Crippen molar-refractivity contribution < 1.29 is 4.74 Å². The van der Waals surface area contributed by atoms with E-state index < -0.39 is 0 Å². The fourth-order valence-electron chi connectivity index (χ4n) is 1.81. The molecule has 1 heteroatoms. The van der Waals surface area contributed by atoms with Gasteiger partial charge in [-0.1, -0.05) is 45.9 Å². The fourth-order valence-corrected chi connectivity index (χ4v) is 1.81. The van der Waals surface area contributed by atoms with Crippen LogP contribution >= 0.6 is 0 Å². The maximum atomic E-state index is 5.89. The number of fused-ring (bicyclic) bond motifs is 1. The van der Waals surface area contributed by atoms with Gasteiger partial charge in [0.25, 0.3) is 0 Å². The third-order valence-electron chi connectivity index (χ3n) is 2.69. The van der Waals surface area contributed by atoms with Gasteiger partial charge in [0.2, 0.25) is 0 Å². The molecule has 0 bridgehead atoms. The molecule has 0 fully saturated rings. The Balaban J connectivity index is 0.000000531. The molecule has 1 aromatic rings. The number of aryl methyl sites for hydroxylation is 1. The maximum Gasteiger partial charge on any atom is 0.122 e. The lowest BCUT2D eigenvalue weighted by Crippen LogP contribution is -2.27. The number of para-hydroxylation sites is 1. The van der Waals surface area contributed by atoms with Gasteiger partial charge < -0.3 is 4.74 Å². The summed E-state index contributed by atoms with van der Waals surface area (Å²) in [6.07, 6.45) is 2.74. The number of benzene rings is 1. The number of hydrogen-bond acceptors (Lipinski definition) is 1. The van der Waals surface area contributed by atoms with E-state index in [1.807, 2.05) is 19.9 Å². The standard InChI is InChI=1S/C12H16O.C2H6/c1-9(2)11-8-7-10-5-3-4-6-12(10)13-11;1-2/h3-6,9,11H,7-8H2,1-2H3;1-2H3. The molecule has 1 unspecified atom stereocenters. The minimum absolute atomic E-state index is 0.412. The highest BCUT2D eigenvalue weighted by molar-refractivity contribution is 5.35. The van der Waals surface area contributed by atoms with Crippen LogP contribution in [-0.4, -0.2) is 6.10 Å². The van der Waals surface area contributed by atoms with Crippen molar-refractivity contribution in [1.82, 2.24) is 0 Å². The summed E-state index contributed by atoms with van der Waals surface area (Å²) in [5.74, 6) is 1.71. The van der Waals surface area contributed by atoms with Crippen molar-refractivity contribution in [2.45, 2.75) is 46.6 Å². The molecule has 84 valence electrons. The molecule has 1 aromatic carbocycles. The van der Waals surface area contributed by atoms with E-state index in [4.69, 9.17) is 4.74 Å². The Morgan fingerprint density at radius 3 is 2.53 bits per heavy atom. The second-order valence-electron chi connectivity index (χ2n) is 4.05. The van der Waals surface area contributed by atoms with E-state index in [0.717, 1.165) is 12.2 Å². The summed E-state index contributed by atoms with van der Waals surface area (Å²) in [4.78, 5) is 0. The average Bonchev–Trinajstić information content (AvgIpc) is 2.31. The van der Waals surface area contributed by atoms with E-state index in [0.29, 0.717) is 12.0 Å². The number of hydrogen-bond donors (Lipinski definition) is 0. The Morgan fingerprint density at radius 2 is 1.87 bits per heavy atom. The van der Waals surface area contributed by atoms with Gasteiger partial charge in [0, 0.05) is 0 Å². The summed E-state index contributed by atoms with van der Waals surface area (Å²) >= 11 is 0. The third kappa shape index (κ3) is 2.98. The quantitative estimate of drug-likeness (QED) is 0.673. The van der Waals surface area contributed by atoms with Crippen molar-refractivity contribution in [3.63, 3.8) is 0 Å². The van der Waals surface area contributed by atoms with Gasteiger partial charge in [-0.25, -0.2) is 0 Å². The molecule has 0 saturated carbocycles. The van der Waals surface area contributed by atoms with E-state index in [9.17, 15) is 0 Å². The normalized spacial score (nSPS) is 18.6. The predicted octanol–water partition coefficient (Wildman–Crippen LogP) is 4.06. The molecular formula is C14H22O. The zero-order chi connectivity index (χ0) is 11.3. The second-order valence-corrected chi connectivity index (χ2v) is 4.05. The molecule has 1 nitrogen and oxygen atoms in total.